The van der Waals surface area contributed by atoms with E-state index in [0.29, 0.717) is 5.41 Å². The standard InChI is InChI=1S/C18H29N/c1-4-12-19-14-18(2,3)11-10-15-8-9-16-6-5-7-17(16)13-15/h8-9,13,19H,4-7,10-12,14H2,1-3H3. The van der Waals surface area contributed by atoms with Gasteiger partial charge in [0.15, 0.2) is 0 Å². The molecular formula is C18H29N. The van der Waals surface area contributed by atoms with Crippen molar-refractivity contribution in [2.45, 2.75) is 59.3 Å². The molecule has 0 amide bonds. The Balaban J connectivity index is 1.84. The monoisotopic (exact) mass is 259 g/mol. The molecule has 1 aromatic carbocycles. The van der Waals surface area contributed by atoms with Crippen LogP contribution in [-0.2, 0) is 19.3 Å². The summed E-state index contributed by atoms with van der Waals surface area (Å²) >= 11 is 0. The SMILES string of the molecule is CCCNCC(C)(C)CCc1ccc2c(c1)CCC2. The van der Waals surface area contributed by atoms with E-state index in [1.54, 1.807) is 11.1 Å². The zero-order chi connectivity index (χ0) is 13.7. The van der Waals surface area contributed by atoms with E-state index in [1.807, 2.05) is 0 Å². The van der Waals surface area contributed by atoms with Gasteiger partial charge in [0.1, 0.15) is 0 Å². The maximum Gasteiger partial charge on any atom is 0.000263 e. The smallest absolute Gasteiger partial charge is 0.000263 e. The second-order valence-corrected chi connectivity index (χ2v) is 6.80. The van der Waals surface area contributed by atoms with Gasteiger partial charge in [0, 0.05) is 6.54 Å². The molecule has 0 aromatic heterocycles. The molecule has 0 fully saturated rings. The molecule has 0 atom stereocenters. The lowest BCUT2D eigenvalue weighted by molar-refractivity contribution is 0.315. The highest BCUT2D eigenvalue weighted by molar-refractivity contribution is 5.35. The molecule has 1 aliphatic rings. The summed E-state index contributed by atoms with van der Waals surface area (Å²) in [5.41, 5.74) is 5.13. The van der Waals surface area contributed by atoms with Crippen molar-refractivity contribution in [2.75, 3.05) is 13.1 Å². The van der Waals surface area contributed by atoms with Crippen LogP contribution in [0, 0.1) is 5.41 Å². The molecule has 1 heteroatoms. The van der Waals surface area contributed by atoms with Crippen LogP contribution in [0.5, 0.6) is 0 Å². The van der Waals surface area contributed by atoms with Crippen LogP contribution < -0.4 is 5.32 Å². The molecule has 0 bridgehead atoms. The van der Waals surface area contributed by atoms with E-state index in [0.717, 1.165) is 13.1 Å². The molecule has 1 N–H and O–H groups in total. The molecule has 2 rings (SSSR count). The number of nitrogens with one attached hydrogen (secondary N) is 1. The second-order valence-electron chi connectivity index (χ2n) is 6.80. The minimum Gasteiger partial charge on any atom is -0.316 e. The molecule has 19 heavy (non-hydrogen) atoms. The van der Waals surface area contributed by atoms with E-state index in [9.17, 15) is 0 Å². The minimum atomic E-state index is 0.397. The highest BCUT2D eigenvalue weighted by Crippen LogP contribution is 2.26. The molecule has 0 saturated carbocycles. The van der Waals surface area contributed by atoms with Crippen molar-refractivity contribution in [2.24, 2.45) is 5.41 Å². The molecular weight excluding hydrogens is 230 g/mol. The maximum atomic E-state index is 3.55. The van der Waals surface area contributed by atoms with E-state index in [4.69, 9.17) is 0 Å². The Morgan fingerprint density at radius 2 is 1.95 bits per heavy atom. The van der Waals surface area contributed by atoms with Gasteiger partial charge in [-0.1, -0.05) is 39.0 Å². The van der Waals surface area contributed by atoms with Crippen molar-refractivity contribution in [3.8, 4) is 0 Å². The number of benzene rings is 1. The van der Waals surface area contributed by atoms with Crippen molar-refractivity contribution in [3.63, 3.8) is 0 Å². The molecule has 0 spiro atoms. The van der Waals surface area contributed by atoms with Crippen LogP contribution in [0.3, 0.4) is 0 Å². The Kier molecular flexibility index (Phi) is 5.04. The van der Waals surface area contributed by atoms with Crippen molar-refractivity contribution in [3.05, 3.63) is 34.9 Å². The Labute approximate surface area is 118 Å². The van der Waals surface area contributed by atoms with Crippen LogP contribution in [0.1, 0.15) is 56.7 Å². The van der Waals surface area contributed by atoms with Gasteiger partial charge in [-0.15, -0.1) is 0 Å². The number of hydrogen-bond donors (Lipinski definition) is 1. The summed E-state index contributed by atoms with van der Waals surface area (Å²) in [6.45, 7) is 9.25. The van der Waals surface area contributed by atoms with Crippen molar-refractivity contribution >= 4 is 0 Å². The van der Waals surface area contributed by atoms with Crippen LogP contribution in [0.4, 0.5) is 0 Å². The number of fused-ring (bicyclic) bond motifs is 1. The van der Waals surface area contributed by atoms with Crippen molar-refractivity contribution in [1.82, 2.24) is 5.32 Å². The number of rotatable bonds is 7. The average Bonchev–Trinajstić information content (AvgIpc) is 2.84. The Hall–Kier alpha value is -0.820. The van der Waals surface area contributed by atoms with E-state index >= 15 is 0 Å². The molecule has 0 aliphatic heterocycles. The number of hydrogen-bond acceptors (Lipinski definition) is 1. The van der Waals surface area contributed by atoms with Gasteiger partial charge in [-0.2, -0.15) is 0 Å². The third-order valence-corrected chi connectivity index (χ3v) is 4.28. The fraction of sp³-hybridized carbons (Fsp3) is 0.667. The summed E-state index contributed by atoms with van der Waals surface area (Å²) in [5.74, 6) is 0. The van der Waals surface area contributed by atoms with Crippen molar-refractivity contribution < 1.29 is 0 Å². The molecule has 0 saturated heterocycles. The molecule has 0 unspecified atom stereocenters. The van der Waals surface area contributed by atoms with Gasteiger partial charge in [-0.3, -0.25) is 0 Å². The van der Waals surface area contributed by atoms with Crippen LogP contribution in [-0.4, -0.2) is 13.1 Å². The molecule has 1 aliphatic carbocycles. The molecule has 1 nitrogen and oxygen atoms in total. The van der Waals surface area contributed by atoms with Crippen LogP contribution in [0.2, 0.25) is 0 Å². The Morgan fingerprint density at radius 1 is 1.16 bits per heavy atom. The summed E-state index contributed by atoms with van der Waals surface area (Å²) in [6, 6.07) is 7.16. The summed E-state index contributed by atoms with van der Waals surface area (Å²) in [4.78, 5) is 0. The third kappa shape index (κ3) is 4.35. The van der Waals surface area contributed by atoms with E-state index in [-0.39, 0.29) is 0 Å². The van der Waals surface area contributed by atoms with E-state index < -0.39 is 0 Å². The molecule has 106 valence electrons. The predicted molar refractivity (Wildman–Crippen MR) is 83.7 cm³/mol. The van der Waals surface area contributed by atoms with Gasteiger partial charge in [-0.25, -0.2) is 0 Å². The van der Waals surface area contributed by atoms with Crippen LogP contribution in [0.25, 0.3) is 0 Å². The van der Waals surface area contributed by atoms with Gasteiger partial charge < -0.3 is 5.32 Å². The predicted octanol–water partition coefficient (Wildman–Crippen LogP) is 4.13. The summed E-state index contributed by atoms with van der Waals surface area (Å²) in [5, 5.41) is 3.55. The normalized spacial score (nSPS) is 14.7. The topological polar surface area (TPSA) is 12.0 Å². The van der Waals surface area contributed by atoms with E-state index in [2.05, 4.69) is 44.3 Å². The van der Waals surface area contributed by atoms with Gasteiger partial charge in [-0.05, 0) is 67.2 Å². The summed E-state index contributed by atoms with van der Waals surface area (Å²) in [7, 11) is 0. The molecule has 1 aromatic rings. The quantitative estimate of drug-likeness (QED) is 0.726. The van der Waals surface area contributed by atoms with E-state index in [1.165, 1.54) is 44.1 Å². The lowest BCUT2D eigenvalue weighted by Gasteiger charge is -2.25. The van der Waals surface area contributed by atoms with Gasteiger partial charge in [0.2, 0.25) is 0 Å². The largest absolute Gasteiger partial charge is 0.316 e. The molecule has 0 radical (unpaired) electrons. The van der Waals surface area contributed by atoms with Gasteiger partial charge >= 0.3 is 0 Å². The zero-order valence-electron chi connectivity index (χ0n) is 12.9. The van der Waals surface area contributed by atoms with Gasteiger partial charge in [0.05, 0.1) is 0 Å². The second kappa shape index (κ2) is 6.56. The Bertz CT molecular complexity index is 406. The van der Waals surface area contributed by atoms with Gasteiger partial charge in [0.25, 0.3) is 0 Å². The lowest BCUT2D eigenvalue weighted by atomic mass is 9.86. The lowest BCUT2D eigenvalue weighted by Crippen LogP contribution is -2.30. The summed E-state index contributed by atoms with van der Waals surface area (Å²) < 4.78 is 0. The Morgan fingerprint density at radius 3 is 2.74 bits per heavy atom. The third-order valence-electron chi connectivity index (χ3n) is 4.28. The zero-order valence-corrected chi connectivity index (χ0v) is 12.9. The molecule has 0 heterocycles. The van der Waals surface area contributed by atoms with Crippen LogP contribution >= 0.6 is 0 Å². The summed E-state index contributed by atoms with van der Waals surface area (Å²) in [6.07, 6.45) is 7.65. The van der Waals surface area contributed by atoms with Crippen LogP contribution in [0.15, 0.2) is 18.2 Å². The first-order valence-corrected chi connectivity index (χ1v) is 7.92. The first-order chi connectivity index (χ1) is 9.11. The first-order valence-electron chi connectivity index (χ1n) is 7.92. The fourth-order valence-corrected chi connectivity index (χ4v) is 2.96. The average molecular weight is 259 g/mol. The highest BCUT2D eigenvalue weighted by Gasteiger charge is 2.18. The number of aryl methyl sites for hydroxylation is 3. The maximum absolute atomic E-state index is 3.55. The van der Waals surface area contributed by atoms with Crippen molar-refractivity contribution in [1.29, 1.82) is 0 Å². The minimum absolute atomic E-state index is 0.397. The first kappa shape index (κ1) is 14.6. The highest BCUT2D eigenvalue weighted by atomic mass is 14.9. The fourth-order valence-electron chi connectivity index (χ4n) is 2.96.